The molecule has 0 aliphatic heterocycles. The lowest BCUT2D eigenvalue weighted by atomic mass is 10.0. The van der Waals surface area contributed by atoms with Crippen molar-refractivity contribution in [2.24, 2.45) is 5.73 Å². The van der Waals surface area contributed by atoms with Crippen molar-refractivity contribution in [3.05, 3.63) is 35.4 Å². The Balaban J connectivity index is 2.97. The zero-order valence-electron chi connectivity index (χ0n) is 10.8. The summed E-state index contributed by atoms with van der Waals surface area (Å²) in [7, 11) is 0. The van der Waals surface area contributed by atoms with E-state index in [9.17, 15) is 13.6 Å². The van der Waals surface area contributed by atoms with Gasteiger partial charge in [0.05, 0.1) is 12.1 Å². The normalized spacial score (nSPS) is 11.4. The molecule has 1 aromatic carbocycles. The molecular weight excluding hydrogens is 238 g/mol. The minimum atomic E-state index is -1.06. The van der Waals surface area contributed by atoms with Gasteiger partial charge in [0.2, 0.25) is 5.91 Å². The molecule has 100 valence electrons. The van der Waals surface area contributed by atoms with Crippen molar-refractivity contribution < 1.29 is 13.6 Å². The van der Waals surface area contributed by atoms with Gasteiger partial charge in [-0.05, 0) is 32.9 Å². The number of hydrogen-bond acceptors (Lipinski definition) is 2. The number of nitrogens with two attached hydrogens (primary N) is 1. The van der Waals surface area contributed by atoms with Gasteiger partial charge in [-0.1, -0.05) is 6.07 Å². The molecule has 0 aliphatic rings. The van der Waals surface area contributed by atoms with Crippen molar-refractivity contribution in [1.82, 2.24) is 4.90 Å². The fraction of sp³-hybridized carbons (Fsp3) is 0.462. The Kier molecular flexibility index (Phi) is 4.40. The number of benzene rings is 1. The van der Waals surface area contributed by atoms with Gasteiger partial charge in [-0.15, -0.1) is 0 Å². The Morgan fingerprint density at radius 3 is 2.22 bits per heavy atom. The smallest absolute Gasteiger partial charge is 0.242 e. The molecule has 0 saturated carbocycles. The summed E-state index contributed by atoms with van der Waals surface area (Å²) < 4.78 is 27.0. The second kappa shape index (κ2) is 5.44. The van der Waals surface area contributed by atoms with Crippen molar-refractivity contribution in [2.75, 3.05) is 6.54 Å². The maximum absolute atomic E-state index is 13.5. The average molecular weight is 256 g/mol. The van der Waals surface area contributed by atoms with E-state index in [1.54, 1.807) is 20.8 Å². The SMILES string of the molecule is CCN(Cc1c(F)cccc1F)C(=O)C(C)(C)N. The molecule has 0 aromatic heterocycles. The third kappa shape index (κ3) is 3.26. The van der Waals surface area contributed by atoms with Crippen LogP contribution in [-0.4, -0.2) is 22.9 Å². The van der Waals surface area contributed by atoms with Crippen LogP contribution >= 0.6 is 0 Å². The number of amides is 1. The Morgan fingerprint density at radius 2 is 1.83 bits per heavy atom. The summed E-state index contributed by atoms with van der Waals surface area (Å²) in [6, 6.07) is 3.63. The topological polar surface area (TPSA) is 46.3 Å². The monoisotopic (exact) mass is 256 g/mol. The van der Waals surface area contributed by atoms with E-state index in [2.05, 4.69) is 0 Å². The molecule has 0 aliphatic carbocycles. The van der Waals surface area contributed by atoms with E-state index in [1.807, 2.05) is 0 Å². The summed E-state index contributed by atoms with van der Waals surface area (Å²) in [5.74, 6) is -1.65. The second-order valence-electron chi connectivity index (χ2n) is 4.74. The number of rotatable bonds is 4. The Bertz CT molecular complexity index is 421. The van der Waals surface area contributed by atoms with Gasteiger partial charge in [0, 0.05) is 12.1 Å². The highest BCUT2D eigenvalue weighted by molar-refractivity contribution is 5.85. The first-order valence-corrected chi connectivity index (χ1v) is 5.78. The standard InChI is InChI=1S/C13H18F2N2O/c1-4-17(12(18)13(2,3)16)8-9-10(14)6-5-7-11(9)15/h5-7H,4,8,16H2,1-3H3. The first kappa shape index (κ1) is 14.6. The zero-order valence-corrected chi connectivity index (χ0v) is 10.8. The van der Waals surface area contributed by atoms with Crippen molar-refractivity contribution in [1.29, 1.82) is 0 Å². The highest BCUT2D eigenvalue weighted by Gasteiger charge is 2.28. The van der Waals surface area contributed by atoms with E-state index in [0.717, 1.165) is 0 Å². The first-order chi connectivity index (χ1) is 8.27. The molecule has 1 aromatic rings. The molecule has 0 unspecified atom stereocenters. The maximum atomic E-state index is 13.5. The lowest BCUT2D eigenvalue weighted by Crippen LogP contribution is -2.50. The van der Waals surface area contributed by atoms with E-state index in [-0.39, 0.29) is 18.0 Å². The molecule has 0 spiro atoms. The molecule has 2 N–H and O–H groups in total. The first-order valence-electron chi connectivity index (χ1n) is 5.78. The summed E-state index contributed by atoms with van der Waals surface area (Å²) in [5, 5.41) is 0. The van der Waals surface area contributed by atoms with Crippen LogP contribution in [0.15, 0.2) is 18.2 Å². The van der Waals surface area contributed by atoms with Gasteiger partial charge in [0.15, 0.2) is 0 Å². The number of nitrogens with zero attached hydrogens (tertiary/aromatic N) is 1. The molecule has 0 fully saturated rings. The fourth-order valence-corrected chi connectivity index (χ4v) is 1.61. The highest BCUT2D eigenvalue weighted by Crippen LogP contribution is 2.16. The number of halogens is 2. The second-order valence-corrected chi connectivity index (χ2v) is 4.74. The van der Waals surface area contributed by atoms with Crippen molar-refractivity contribution in [2.45, 2.75) is 32.9 Å². The van der Waals surface area contributed by atoms with Crippen LogP contribution in [0.1, 0.15) is 26.3 Å². The van der Waals surface area contributed by atoms with Gasteiger partial charge in [0.1, 0.15) is 11.6 Å². The third-order valence-electron chi connectivity index (χ3n) is 2.63. The van der Waals surface area contributed by atoms with Crippen molar-refractivity contribution >= 4 is 5.91 Å². The van der Waals surface area contributed by atoms with Crippen LogP contribution in [0.2, 0.25) is 0 Å². The molecule has 3 nitrogen and oxygen atoms in total. The van der Waals surface area contributed by atoms with Crippen LogP contribution in [0.5, 0.6) is 0 Å². The minimum absolute atomic E-state index is 0.114. The van der Waals surface area contributed by atoms with E-state index in [4.69, 9.17) is 5.73 Å². The number of carbonyl (C=O) groups excluding carboxylic acids is 1. The summed E-state index contributed by atoms with van der Waals surface area (Å²) in [6.45, 7) is 5.09. The molecule has 5 heteroatoms. The molecule has 0 radical (unpaired) electrons. The van der Waals surface area contributed by atoms with Crippen LogP contribution in [0, 0.1) is 11.6 Å². The lowest BCUT2D eigenvalue weighted by Gasteiger charge is -2.28. The molecule has 1 rings (SSSR count). The molecule has 1 amide bonds. The molecular formula is C13H18F2N2O. The van der Waals surface area contributed by atoms with Crippen LogP contribution in [0.3, 0.4) is 0 Å². The Hall–Kier alpha value is -1.49. The van der Waals surface area contributed by atoms with Gasteiger partial charge in [-0.2, -0.15) is 0 Å². The van der Waals surface area contributed by atoms with E-state index >= 15 is 0 Å². The maximum Gasteiger partial charge on any atom is 0.242 e. The lowest BCUT2D eigenvalue weighted by molar-refractivity contribution is -0.136. The summed E-state index contributed by atoms with van der Waals surface area (Å²) >= 11 is 0. The van der Waals surface area contributed by atoms with Gasteiger partial charge >= 0.3 is 0 Å². The predicted octanol–water partition coefficient (Wildman–Crippen LogP) is 2.05. The van der Waals surface area contributed by atoms with Gasteiger partial charge < -0.3 is 10.6 Å². The number of likely N-dealkylation sites (N-methyl/N-ethyl adjacent to an activating group) is 1. The molecule has 18 heavy (non-hydrogen) atoms. The summed E-state index contributed by atoms with van der Waals surface area (Å²) in [6.07, 6.45) is 0. The molecule has 0 atom stereocenters. The minimum Gasteiger partial charge on any atom is -0.337 e. The third-order valence-corrected chi connectivity index (χ3v) is 2.63. The van der Waals surface area contributed by atoms with Crippen molar-refractivity contribution in [3.63, 3.8) is 0 Å². The van der Waals surface area contributed by atoms with E-state index in [1.165, 1.54) is 23.1 Å². The van der Waals surface area contributed by atoms with Crippen LogP contribution < -0.4 is 5.73 Å². The molecule has 0 heterocycles. The van der Waals surface area contributed by atoms with Gasteiger partial charge in [-0.25, -0.2) is 8.78 Å². The number of hydrogen-bond donors (Lipinski definition) is 1. The Morgan fingerprint density at radius 1 is 1.33 bits per heavy atom. The fourth-order valence-electron chi connectivity index (χ4n) is 1.61. The largest absolute Gasteiger partial charge is 0.337 e. The van der Waals surface area contributed by atoms with Gasteiger partial charge in [0.25, 0.3) is 0 Å². The quantitative estimate of drug-likeness (QED) is 0.896. The predicted molar refractivity (Wildman–Crippen MR) is 65.7 cm³/mol. The molecule has 0 saturated heterocycles. The van der Waals surface area contributed by atoms with Crippen LogP contribution in [-0.2, 0) is 11.3 Å². The zero-order chi connectivity index (χ0) is 13.9. The summed E-state index contributed by atoms with van der Waals surface area (Å²) in [4.78, 5) is 13.3. The van der Waals surface area contributed by atoms with E-state index < -0.39 is 17.2 Å². The number of carbonyl (C=O) groups is 1. The average Bonchev–Trinajstić information content (AvgIpc) is 2.27. The van der Waals surface area contributed by atoms with E-state index in [0.29, 0.717) is 6.54 Å². The molecule has 0 bridgehead atoms. The van der Waals surface area contributed by atoms with Crippen molar-refractivity contribution in [3.8, 4) is 0 Å². The summed E-state index contributed by atoms with van der Waals surface area (Å²) in [5.41, 5.74) is 4.53. The van der Waals surface area contributed by atoms with Crippen LogP contribution in [0.4, 0.5) is 8.78 Å². The van der Waals surface area contributed by atoms with Crippen LogP contribution in [0.25, 0.3) is 0 Å². The van der Waals surface area contributed by atoms with Gasteiger partial charge in [-0.3, -0.25) is 4.79 Å². The highest BCUT2D eigenvalue weighted by atomic mass is 19.1. The Labute approximate surface area is 106 Å².